The molecule has 0 bridgehead atoms. The molecule has 128 valence electrons. The Hall–Kier alpha value is -2.44. The zero-order valence-corrected chi connectivity index (χ0v) is 14.2. The average molecular weight is 358 g/mol. The molecule has 0 atom stereocenters. The van der Waals surface area contributed by atoms with Crippen LogP contribution in [0.1, 0.15) is 12.0 Å². The van der Waals surface area contributed by atoms with Gasteiger partial charge < -0.3 is 5.32 Å². The number of nitrogens with one attached hydrogen (secondary N) is 1. The second-order valence-electron chi connectivity index (χ2n) is 5.99. The molecule has 0 saturated carbocycles. The monoisotopic (exact) mass is 357 g/mol. The highest BCUT2D eigenvalue weighted by Gasteiger charge is 2.14. The molecule has 1 aliphatic rings. The van der Waals surface area contributed by atoms with E-state index in [0.29, 0.717) is 11.5 Å². The first-order valence-corrected chi connectivity index (χ1v) is 8.49. The van der Waals surface area contributed by atoms with E-state index in [2.05, 4.69) is 38.5 Å². The fourth-order valence-electron chi connectivity index (χ4n) is 3.02. The number of anilines is 2. The number of hydrogen-bond acceptors (Lipinski definition) is 4. The van der Waals surface area contributed by atoms with E-state index in [-0.39, 0.29) is 5.02 Å². The van der Waals surface area contributed by atoms with Gasteiger partial charge in [0.25, 0.3) is 0 Å². The fraction of sp³-hybridized carbons (Fsp3) is 0.222. The van der Waals surface area contributed by atoms with Crippen molar-refractivity contribution in [2.75, 3.05) is 18.4 Å². The van der Waals surface area contributed by atoms with E-state index in [9.17, 15) is 4.39 Å². The number of aromatic nitrogens is 3. The summed E-state index contributed by atoms with van der Waals surface area (Å²) in [5, 5.41) is 7.57. The Bertz CT molecular complexity index is 936. The van der Waals surface area contributed by atoms with Crippen molar-refractivity contribution in [2.45, 2.75) is 13.0 Å². The molecule has 3 aromatic rings. The molecule has 4 rings (SSSR count). The predicted molar refractivity (Wildman–Crippen MR) is 96.7 cm³/mol. The van der Waals surface area contributed by atoms with Gasteiger partial charge in [-0.2, -0.15) is 5.10 Å². The minimum absolute atomic E-state index is 0.0748. The molecule has 0 amide bonds. The highest BCUT2D eigenvalue weighted by atomic mass is 35.5. The van der Waals surface area contributed by atoms with E-state index in [1.165, 1.54) is 12.4 Å². The summed E-state index contributed by atoms with van der Waals surface area (Å²) in [5.74, 6) is 0.229. The highest BCUT2D eigenvalue weighted by molar-refractivity contribution is 6.31. The molecule has 7 heteroatoms. The minimum Gasteiger partial charge on any atom is -0.338 e. The summed E-state index contributed by atoms with van der Waals surface area (Å²) in [6.45, 7) is 2.81. The van der Waals surface area contributed by atoms with E-state index >= 15 is 0 Å². The molecule has 0 fully saturated rings. The summed E-state index contributed by atoms with van der Waals surface area (Å²) in [4.78, 5) is 6.74. The molecule has 1 aromatic carbocycles. The van der Waals surface area contributed by atoms with Gasteiger partial charge in [-0.3, -0.25) is 4.90 Å². The third kappa shape index (κ3) is 3.36. The maximum atomic E-state index is 13.4. The first kappa shape index (κ1) is 16.1. The van der Waals surface area contributed by atoms with E-state index in [0.717, 1.165) is 37.1 Å². The Morgan fingerprint density at radius 1 is 1.24 bits per heavy atom. The third-order valence-corrected chi connectivity index (χ3v) is 4.55. The van der Waals surface area contributed by atoms with Crippen molar-refractivity contribution in [2.24, 2.45) is 0 Å². The van der Waals surface area contributed by atoms with Crippen LogP contribution in [0.4, 0.5) is 15.9 Å². The second-order valence-corrected chi connectivity index (χ2v) is 6.40. The summed E-state index contributed by atoms with van der Waals surface area (Å²) in [6.07, 6.45) is 8.89. The molecule has 0 spiro atoms. The van der Waals surface area contributed by atoms with E-state index in [1.54, 1.807) is 16.6 Å². The van der Waals surface area contributed by atoms with Crippen LogP contribution in [0, 0.1) is 5.82 Å². The van der Waals surface area contributed by atoms with Crippen LogP contribution in [0.2, 0.25) is 5.02 Å². The third-order valence-electron chi connectivity index (χ3n) is 4.26. The Balaban J connectivity index is 1.67. The molecule has 2 aromatic heterocycles. The van der Waals surface area contributed by atoms with E-state index < -0.39 is 5.82 Å². The second kappa shape index (κ2) is 6.82. The van der Waals surface area contributed by atoms with Gasteiger partial charge in [0.15, 0.2) is 5.82 Å². The lowest BCUT2D eigenvalue weighted by Gasteiger charge is -2.22. The molecule has 3 heterocycles. The van der Waals surface area contributed by atoms with E-state index in [4.69, 9.17) is 11.6 Å². The van der Waals surface area contributed by atoms with Gasteiger partial charge in [-0.1, -0.05) is 23.8 Å². The number of halogens is 2. The van der Waals surface area contributed by atoms with Crippen molar-refractivity contribution in [3.05, 3.63) is 65.3 Å². The van der Waals surface area contributed by atoms with Crippen LogP contribution in [0.3, 0.4) is 0 Å². The van der Waals surface area contributed by atoms with Crippen molar-refractivity contribution in [3.8, 4) is 0 Å². The number of hydrogen-bond donors (Lipinski definition) is 1. The van der Waals surface area contributed by atoms with Crippen molar-refractivity contribution >= 4 is 28.6 Å². The zero-order valence-electron chi connectivity index (χ0n) is 13.5. The predicted octanol–water partition coefficient (Wildman–Crippen LogP) is 4.03. The SMILES string of the molecule is Fc1ccc(Nc2ncnn3ccc(CN4CC=CCC4)c23)cc1Cl. The standard InChI is InChI=1S/C18H17ClFN5/c19-15-10-14(4-5-16(15)20)23-18-17-13(6-9-25(17)22-12-21-18)11-24-7-2-1-3-8-24/h1-2,4-6,9-10,12H,3,7-8,11H2,(H,21,22,23). The quantitative estimate of drug-likeness (QED) is 0.716. The number of fused-ring (bicyclic) bond motifs is 1. The lowest BCUT2D eigenvalue weighted by molar-refractivity contribution is 0.292. The molecule has 1 aliphatic heterocycles. The lowest BCUT2D eigenvalue weighted by atomic mass is 10.2. The Morgan fingerprint density at radius 3 is 2.96 bits per heavy atom. The Kier molecular flexibility index (Phi) is 4.38. The zero-order chi connectivity index (χ0) is 17.2. The normalized spacial score (nSPS) is 15.0. The van der Waals surface area contributed by atoms with Crippen LogP contribution < -0.4 is 5.32 Å². The van der Waals surface area contributed by atoms with Crippen LogP contribution in [0.15, 0.2) is 48.9 Å². The smallest absolute Gasteiger partial charge is 0.158 e. The average Bonchev–Trinajstić information content (AvgIpc) is 3.03. The first-order valence-electron chi connectivity index (χ1n) is 8.11. The van der Waals surface area contributed by atoms with Crippen molar-refractivity contribution < 1.29 is 4.39 Å². The van der Waals surface area contributed by atoms with Gasteiger partial charge in [0, 0.05) is 31.5 Å². The molecule has 0 aliphatic carbocycles. The van der Waals surface area contributed by atoms with Gasteiger partial charge in [-0.05, 0) is 36.2 Å². The van der Waals surface area contributed by atoms with Crippen LogP contribution in [-0.2, 0) is 6.54 Å². The van der Waals surface area contributed by atoms with Gasteiger partial charge in [0.2, 0.25) is 0 Å². The van der Waals surface area contributed by atoms with Crippen LogP contribution >= 0.6 is 11.6 Å². The topological polar surface area (TPSA) is 45.5 Å². The van der Waals surface area contributed by atoms with E-state index in [1.807, 2.05) is 6.20 Å². The minimum atomic E-state index is -0.443. The largest absolute Gasteiger partial charge is 0.338 e. The number of nitrogens with zero attached hydrogens (tertiary/aromatic N) is 4. The van der Waals surface area contributed by atoms with Gasteiger partial charge >= 0.3 is 0 Å². The lowest BCUT2D eigenvalue weighted by Crippen LogP contribution is -2.26. The maximum absolute atomic E-state index is 13.4. The Labute approximate surface area is 149 Å². The van der Waals surface area contributed by atoms with Gasteiger partial charge in [-0.25, -0.2) is 13.9 Å². The van der Waals surface area contributed by atoms with Crippen molar-refractivity contribution in [1.29, 1.82) is 0 Å². The molecule has 0 unspecified atom stereocenters. The molecular weight excluding hydrogens is 341 g/mol. The van der Waals surface area contributed by atoms with Gasteiger partial charge in [0.1, 0.15) is 17.7 Å². The molecular formula is C18H17ClFN5. The van der Waals surface area contributed by atoms with Crippen molar-refractivity contribution in [3.63, 3.8) is 0 Å². The van der Waals surface area contributed by atoms with Gasteiger partial charge in [-0.15, -0.1) is 0 Å². The number of rotatable bonds is 4. The van der Waals surface area contributed by atoms with Gasteiger partial charge in [0.05, 0.1) is 5.02 Å². The maximum Gasteiger partial charge on any atom is 0.158 e. The van der Waals surface area contributed by atoms with Crippen LogP contribution in [0.25, 0.3) is 5.52 Å². The molecule has 25 heavy (non-hydrogen) atoms. The molecule has 5 nitrogen and oxygen atoms in total. The summed E-state index contributed by atoms with van der Waals surface area (Å²) >= 11 is 5.87. The van der Waals surface area contributed by atoms with Crippen LogP contribution in [0.5, 0.6) is 0 Å². The fourth-order valence-corrected chi connectivity index (χ4v) is 3.20. The molecule has 0 saturated heterocycles. The molecule has 1 N–H and O–H groups in total. The highest BCUT2D eigenvalue weighted by Crippen LogP contribution is 2.26. The number of benzene rings is 1. The van der Waals surface area contributed by atoms with Crippen LogP contribution in [-0.4, -0.2) is 32.6 Å². The summed E-state index contributed by atoms with van der Waals surface area (Å²) in [6, 6.07) is 6.58. The Morgan fingerprint density at radius 2 is 2.16 bits per heavy atom. The molecule has 0 radical (unpaired) electrons. The summed E-state index contributed by atoms with van der Waals surface area (Å²) in [7, 11) is 0. The summed E-state index contributed by atoms with van der Waals surface area (Å²) in [5.41, 5.74) is 2.74. The first-order chi connectivity index (χ1) is 12.2. The summed E-state index contributed by atoms with van der Waals surface area (Å²) < 4.78 is 15.2. The van der Waals surface area contributed by atoms with Crippen molar-refractivity contribution in [1.82, 2.24) is 19.5 Å².